The predicted molar refractivity (Wildman–Crippen MR) is 105 cm³/mol. The zero-order valence-corrected chi connectivity index (χ0v) is 16.6. The van der Waals surface area contributed by atoms with Crippen LogP contribution in [0.5, 0.6) is 0 Å². The van der Waals surface area contributed by atoms with Crippen molar-refractivity contribution in [1.82, 2.24) is 10.0 Å². The minimum absolute atomic E-state index is 0.111. The van der Waals surface area contributed by atoms with E-state index in [2.05, 4.69) is 15.0 Å². The second kappa shape index (κ2) is 7.98. The van der Waals surface area contributed by atoms with Gasteiger partial charge in [0.1, 0.15) is 11.9 Å². The van der Waals surface area contributed by atoms with Gasteiger partial charge in [-0.15, -0.1) is 0 Å². The van der Waals surface area contributed by atoms with E-state index in [1.54, 1.807) is 24.3 Å². The number of carbonyl (C=O) groups is 1. The number of nitrogens with two attached hydrogens (primary N) is 1. The molecule has 0 saturated heterocycles. The van der Waals surface area contributed by atoms with Crippen molar-refractivity contribution in [3.8, 4) is 0 Å². The van der Waals surface area contributed by atoms with Crippen LogP contribution >= 0.6 is 0 Å². The molecule has 0 radical (unpaired) electrons. The Labute approximate surface area is 160 Å². The molecular formula is C19H28N4O3S. The molecule has 0 spiro atoms. The maximum atomic E-state index is 12.9. The number of nitrogens with zero attached hydrogens (tertiary/aromatic N) is 1. The van der Waals surface area contributed by atoms with E-state index in [4.69, 9.17) is 5.73 Å². The lowest BCUT2D eigenvalue weighted by atomic mass is 9.91. The fraction of sp³-hybridized carbons (Fsp3) is 0.579. The quantitative estimate of drug-likeness (QED) is 0.705. The molecule has 1 heterocycles. The fourth-order valence-electron chi connectivity index (χ4n) is 3.61. The number of hydrogen-bond acceptors (Lipinski definition) is 5. The summed E-state index contributed by atoms with van der Waals surface area (Å²) < 4.78 is 27.0. The van der Waals surface area contributed by atoms with Crippen LogP contribution in [0.4, 0.5) is 0 Å². The molecule has 1 fully saturated rings. The number of rotatable bonds is 5. The van der Waals surface area contributed by atoms with E-state index in [1.807, 2.05) is 13.8 Å². The van der Waals surface area contributed by atoms with Gasteiger partial charge in [0.2, 0.25) is 5.91 Å². The standard InChI is InChI=1S/C19H28N4O3S/c1-12(2)11-16(19(24)21-14-9-7-13(20)8-10-14)22-18-15-5-3-4-6-17(15)27(25,26)23-18/h3-6,12-14,16H,7-11,20H2,1-2H3,(H,21,24)(H,22,23). The lowest BCUT2D eigenvalue weighted by molar-refractivity contribution is -0.123. The molecule has 7 nitrogen and oxygen atoms in total. The minimum Gasteiger partial charge on any atom is -0.352 e. The smallest absolute Gasteiger partial charge is 0.263 e. The lowest BCUT2D eigenvalue weighted by Crippen LogP contribution is -2.45. The van der Waals surface area contributed by atoms with Crippen molar-refractivity contribution in [2.24, 2.45) is 16.6 Å². The van der Waals surface area contributed by atoms with E-state index in [-0.39, 0.29) is 34.6 Å². The van der Waals surface area contributed by atoms with Gasteiger partial charge in [-0.1, -0.05) is 26.0 Å². The van der Waals surface area contributed by atoms with E-state index >= 15 is 0 Å². The highest BCUT2D eigenvalue weighted by atomic mass is 32.2. The average Bonchev–Trinajstić information content (AvgIpc) is 2.87. The summed E-state index contributed by atoms with van der Waals surface area (Å²) in [5.41, 5.74) is 6.45. The molecule has 1 saturated carbocycles. The van der Waals surface area contributed by atoms with Gasteiger partial charge in [0.05, 0.1) is 4.90 Å². The number of benzene rings is 1. The van der Waals surface area contributed by atoms with Crippen molar-refractivity contribution in [1.29, 1.82) is 0 Å². The molecule has 27 heavy (non-hydrogen) atoms. The Morgan fingerprint density at radius 2 is 1.93 bits per heavy atom. The van der Waals surface area contributed by atoms with Crippen LogP contribution in [-0.4, -0.2) is 38.3 Å². The minimum atomic E-state index is -3.61. The maximum Gasteiger partial charge on any atom is 0.263 e. The number of aliphatic imine (C=N–C) groups is 1. The van der Waals surface area contributed by atoms with Gasteiger partial charge >= 0.3 is 0 Å². The molecule has 1 aliphatic carbocycles. The van der Waals surface area contributed by atoms with Crippen molar-refractivity contribution >= 4 is 21.8 Å². The van der Waals surface area contributed by atoms with Gasteiger partial charge in [0.15, 0.2) is 0 Å². The molecule has 1 atom stereocenters. The fourth-order valence-corrected chi connectivity index (χ4v) is 4.85. The zero-order valence-electron chi connectivity index (χ0n) is 15.8. The van der Waals surface area contributed by atoms with Gasteiger partial charge in [-0.25, -0.2) is 8.42 Å². The Morgan fingerprint density at radius 1 is 1.26 bits per heavy atom. The molecule has 1 aromatic rings. The van der Waals surface area contributed by atoms with Crippen LogP contribution in [0.3, 0.4) is 0 Å². The molecule has 148 valence electrons. The van der Waals surface area contributed by atoms with Crippen LogP contribution < -0.4 is 15.8 Å². The summed E-state index contributed by atoms with van der Waals surface area (Å²) in [5.74, 6) is 0.343. The first-order valence-electron chi connectivity index (χ1n) is 9.52. The molecule has 4 N–H and O–H groups in total. The highest BCUT2D eigenvalue weighted by Gasteiger charge is 2.32. The molecule has 1 amide bonds. The van der Waals surface area contributed by atoms with Gasteiger partial charge in [0.25, 0.3) is 10.0 Å². The van der Waals surface area contributed by atoms with Crippen molar-refractivity contribution in [3.05, 3.63) is 29.8 Å². The van der Waals surface area contributed by atoms with Crippen LogP contribution in [-0.2, 0) is 14.8 Å². The number of sulfonamides is 1. The third kappa shape index (κ3) is 4.68. The van der Waals surface area contributed by atoms with Crippen LogP contribution in [0.25, 0.3) is 0 Å². The van der Waals surface area contributed by atoms with Crippen molar-refractivity contribution in [2.45, 2.75) is 69.0 Å². The molecule has 1 aliphatic heterocycles. The lowest BCUT2D eigenvalue weighted by Gasteiger charge is -2.28. The number of nitrogens with one attached hydrogen (secondary N) is 2. The van der Waals surface area contributed by atoms with E-state index in [0.717, 1.165) is 25.7 Å². The number of amidine groups is 1. The molecule has 0 bridgehead atoms. The zero-order chi connectivity index (χ0) is 19.6. The van der Waals surface area contributed by atoms with Crippen molar-refractivity contribution in [3.63, 3.8) is 0 Å². The maximum absolute atomic E-state index is 12.9. The number of fused-ring (bicyclic) bond motifs is 1. The first-order chi connectivity index (χ1) is 12.8. The monoisotopic (exact) mass is 392 g/mol. The SMILES string of the molecule is CC(C)CC(N=C1NS(=O)(=O)c2ccccc21)C(=O)NC1CCC(N)CC1. The summed E-state index contributed by atoms with van der Waals surface area (Å²) in [7, 11) is -3.61. The summed E-state index contributed by atoms with van der Waals surface area (Å²) in [6, 6.07) is 6.38. The first-order valence-corrected chi connectivity index (χ1v) is 11.0. The van der Waals surface area contributed by atoms with Gasteiger partial charge in [-0.2, -0.15) is 0 Å². The molecule has 1 aromatic carbocycles. The largest absolute Gasteiger partial charge is 0.352 e. The number of amides is 1. The van der Waals surface area contributed by atoms with E-state index in [9.17, 15) is 13.2 Å². The van der Waals surface area contributed by atoms with Gasteiger partial charge in [-0.05, 0) is 50.2 Å². The third-order valence-corrected chi connectivity index (χ3v) is 6.46. The summed E-state index contributed by atoms with van der Waals surface area (Å²) in [6.45, 7) is 4.04. The Kier molecular flexibility index (Phi) is 5.86. The number of carbonyl (C=O) groups excluding carboxylic acids is 1. The van der Waals surface area contributed by atoms with Crippen LogP contribution in [0.1, 0.15) is 51.5 Å². The summed E-state index contributed by atoms with van der Waals surface area (Å²) >= 11 is 0. The summed E-state index contributed by atoms with van der Waals surface area (Å²) in [5, 5.41) is 3.08. The Balaban J connectivity index is 1.81. The third-order valence-electron chi connectivity index (χ3n) is 5.06. The number of hydrogen-bond donors (Lipinski definition) is 3. The van der Waals surface area contributed by atoms with Crippen LogP contribution in [0, 0.1) is 5.92 Å². The highest BCUT2D eigenvalue weighted by molar-refractivity contribution is 7.90. The average molecular weight is 393 g/mol. The molecule has 2 aliphatic rings. The summed E-state index contributed by atoms with van der Waals surface area (Å²) in [6.07, 6.45) is 4.09. The molecule has 8 heteroatoms. The summed E-state index contributed by atoms with van der Waals surface area (Å²) in [4.78, 5) is 17.6. The Bertz CT molecular complexity index is 827. The first kappa shape index (κ1) is 19.8. The molecule has 1 unspecified atom stereocenters. The highest BCUT2D eigenvalue weighted by Crippen LogP contribution is 2.24. The predicted octanol–water partition coefficient (Wildman–Crippen LogP) is 1.53. The van der Waals surface area contributed by atoms with E-state index < -0.39 is 16.1 Å². The van der Waals surface area contributed by atoms with Crippen LogP contribution in [0.2, 0.25) is 0 Å². The van der Waals surface area contributed by atoms with Gasteiger partial charge in [-0.3, -0.25) is 14.5 Å². The van der Waals surface area contributed by atoms with E-state index in [0.29, 0.717) is 12.0 Å². The second-order valence-corrected chi connectivity index (χ2v) is 9.50. The Morgan fingerprint density at radius 3 is 2.59 bits per heavy atom. The van der Waals surface area contributed by atoms with Crippen molar-refractivity contribution in [2.75, 3.05) is 0 Å². The van der Waals surface area contributed by atoms with Gasteiger partial charge < -0.3 is 11.1 Å². The molecule has 3 rings (SSSR count). The molecule has 0 aromatic heterocycles. The van der Waals surface area contributed by atoms with E-state index in [1.165, 1.54) is 0 Å². The molecular weight excluding hydrogens is 364 g/mol. The topological polar surface area (TPSA) is 114 Å². The van der Waals surface area contributed by atoms with Crippen LogP contribution in [0.15, 0.2) is 34.2 Å². The van der Waals surface area contributed by atoms with Crippen molar-refractivity contribution < 1.29 is 13.2 Å². The Hall–Kier alpha value is -1.93. The normalized spacial score (nSPS) is 26.4. The van der Waals surface area contributed by atoms with Gasteiger partial charge in [0, 0.05) is 17.6 Å². The second-order valence-electron chi connectivity index (χ2n) is 7.85.